The zero-order chi connectivity index (χ0) is 18.7. The van der Waals surface area contributed by atoms with Gasteiger partial charge in [0, 0.05) is 18.9 Å². The molecule has 8 heteroatoms. The molecule has 1 aromatic heterocycles. The number of aryl methyl sites for hydroxylation is 1. The van der Waals surface area contributed by atoms with Crippen LogP contribution >= 0.6 is 11.6 Å². The number of halogens is 4. The van der Waals surface area contributed by atoms with E-state index in [9.17, 15) is 18.0 Å². The van der Waals surface area contributed by atoms with Crippen molar-refractivity contribution in [3.8, 4) is 11.3 Å². The Morgan fingerprint density at radius 1 is 1.19 bits per heavy atom. The van der Waals surface area contributed by atoms with E-state index in [0.29, 0.717) is 0 Å². The maximum absolute atomic E-state index is 13.7. The molecule has 0 fully saturated rings. The van der Waals surface area contributed by atoms with Gasteiger partial charge in [0.2, 0.25) is 5.91 Å². The van der Waals surface area contributed by atoms with Gasteiger partial charge in [0.15, 0.2) is 17.5 Å². The number of nitrogens with one attached hydrogen (secondary N) is 1. The standard InChI is InChI=1S/C18H12ClF3N2O2/c19-12-2-1-3-14(18(12)22)24-16(25)6-7-17-23-9-15(26-17)11-5-4-10(20)8-13(11)21/h1-5,8-9H,6-7H2,(H,24,25). The van der Waals surface area contributed by atoms with Gasteiger partial charge in [-0.15, -0.1) is 0 Å². The van der Waals surface area contributed by atoms with E-state index in [-0.39, 0.29) is 40.8 Å². The monoisotopic (exact) mass is 380 g/mol. The molecule has 1 amide bonds. The van der Waals surface area contributed by atoms with Crippen molar-refractivity contribution in [1.29, 1.82) is 0 Å². The topological polar surface area (TPSA) is 55.1 Å². The van der Waals surface area contributed by atoms with Crippen LogP contribution in [0.15, 0.2) is 47.0 Å². The third-order valence-electron chi connectivity index (χ3n) is 3.54. The quantitative estimate of drug-likeness (QED) is 0.679. The van der Waals surface area contributed by atoms with Crippen LogP contribution in [-0.4, -0.2) is 10.9 Å². The molecule has 4 nitrogen and oxygen atoms in total. The minimum atomic E-state index is -0.776. The molecule has 0 aliphatic heterocycles. The van der Waals surface area contributed by atoms with Crippen LogP contribution in [0.1, 0.15) is 12.3 Å². The number of aromatic nitrogens is 1. The van der Waals surface area contributed by atoms with Crippen LogP contribution in [0.5, 0.6) is 0 Å². The molecular weight excluding hydrogens is 369 g/mol. The van der Waals surface area contributed by atoms with Crippen LogP contribution in [0, 0.1) is 17.5 Å². The van der Waals surface area contributed by atoms with Crippen LogP contribution in [0.25, 0.3) is 11.3 Å². The van der Waals surface area contributed by atoms with Crippen molar-refractivity contribution in [2.45, 2.75) is 12.8 Å². The second-order valence-corrected chi connectivity index (χ2v) is 5.80. The molecule has 0 aliphatic rings. The molecule has 1 heterocycles. The highest BCUT2D eigenvalue weighted by Gasteiger charge is 2.14. The third kappa shape index (κ3) is 4.05. The number of rotatable bonds is 5. The van der Waals surface area contributed by atoms with E-state index in [4.69, 9.17) is 16.0 Å². The number of oxazole rings is 1. The van der Waals surface area contributed by atoms with Gasteiger partial charge in [-0.2, -0.15) is 0 Å². The average Bonchev–Trinajstić information content (AvgIpc) is 3.06. The van der Waals surface area contributed by atoms with Crippen LogP contribution in [0.4, 0.5) is 18.9 Å². The first-order chi connectivity index (χ1) is 12.4. The maximum Gasteiger partial charge on any atom is 0.224 e. The normalized spacial score (nSPS) is 10.8. The molecule has 2 aromatic carbocycles. The van der Waals surface area contributed by atoms with Crippen molar-refractivity contribution >= 4 is 23.2 Å². The fraction of sp³-hybridized carbons (Fsp3) is 0.111. The highest BCUT2D eigenvalue weighted by molar-refractivity contribution is 6.31. The van der Waals surface area contributed by atoms with Gasteiger partial charge in [-0.1, -0.05) is 17.7 Å². The maximum atomic E-state index is 13.7. The first-order valence-corrected chi connectivity index (χ1v) is 7.96. The fourth-order valence-electron chi connectivity index (χ4n) is 2.27. The number of amides is 1. The van der Waals surface area contributed by atoms with E-state index in [2.05, 4.69) is 10.3 Å². The summed E-state index contributed by atoms with van der Waals surface area (Å²) in [5.41, 5.74) is 0.0413. The zero-order valence-electron chi connectivity index (χ0n) is 13.2. The average molecular weight is 381 g/mol. The predicted molar refractivity (Wildman–Crippen MR) is 90.2 cm³/mol. The largest absolute Gasteiger partial charge is 0.441 e. The Balaban J connectivity index is 1.63. The molecular formula is C18H12ClF3N2O2. The molecule has 0 saturated carbocycles. The van der Waals surface area contributed by atoms with Gasteiger partial charge in [-0.3, -0.25) is 4.79 Å². The van der Waals surface area contributed by atoms with Crippen LogP contribution in [0.2, 0.25) is 5.02 Å². The SMILES string of the molecule is O=C(CCc1ncc(-c2ccc(F)cc2F)o1)Nc1cccc(Cl)c1F. The van der Waals surface area contributed by atoms with Crippen molar-refractivity contribution in [3.63, 3.8) is 0 Å². The molecule has 0 radical (unpaired) electrons. The summed E-state index contributed by atoms with van der Waals surface area (Å²) in [7, 11) is 0. The Morgan fingerprint density at radius 3 is 2.77 bits per heavy atom. The number of benzene rings is 2. The Morgan fingerprint density at radius 2 is 2.00 bits per heavy atom. The summed E-state index contributed by atoms with van der Waals surface area (Å²) in [4.78, 5) is 15.9. The van der Waals surface area contributed by atoms with Crippen molar-refractivity contribution in [1.82, 2.24) is 4.98 Å². The zero-order valence-corrected chi connectivity index (χ0v) is 14.0. The lowest BCUT2D eigenvalue weighted by molar-refractivity contribution is -0.116. The van der Waals surface area contributed by atoms with Crippen LogP contribution < -0.4 is 5.32 Å². The Kier molecular flexibility index (Phi) is 5.27. The first-order valence-electron chi connectivity index (χ1n) is 7.58. The van der Waals surface area contributed by atoms with Crippen molar-refractivity contribution < 1.29 is 22.4 Å². The molecule has 3 rings (SSSR count). The van der Waals surface area contributed by atoms with Gasteiger partial charge in [0.05, 0.1) is 22.5 Å². The van der Waals surface area contributed by atoms with Crippen molar-refractivity contribution in [2.24, 2.45) is 0 Å². The molecule has 3 aromatic rings. The molecule has 0 saturated heterocycles. The minimum absolute atomic E-state index is 0.0241. The molecule has 0 bridgehead atoms. The molecule has 134 valence electrons. The smallest absolute Gasteiger partial charge is 0.224 e. The Labute approximate surface area is 151 Å². The minimum Gasteiger partial charge on any atom is -0.441 e. The van der Waals surface area contributed by atoms with Crippen LogP contribution in [-0.2, 0) is 11.2 Å². The highest BCUT2D eigenvalue weighted by atomic mass is 35.5. The van der Waals surface area contributed by atoms with E-state index in [0.717, 1.165) is 12.1 Å². The lowest BCUT2D eigenvalue weighted by Crippen LogP contribution is -2.13. The van der Waals surface area contributed by atoms with E-state index in [1.54, 1.807) is 0 Å². The number of anilines is 1. The summed E-state index contributed by atoms with van der Waals surface area (Å²) in [5, 5.41) is 2.31. The molecule has 0 unspecified atom stereocenters. The summed E-state index contributed by atoms with van der Waals surface area (Å²) in [6.07, 6.45) is 1.38. The number of hydrogen-bond acceptors (Lipinski definition) is 3. The second kappa shape index (κ2) is 7.61. The summed E-state index contributed by atoms with van der Waals surface area (Å²) in [6.45, 7) is 0. The summed E-state index contributed by atoms with van der Waals surface area (Å²) < 4.78 is 45.8. The molecule has 0 atom stereocenters. The van der Waals surface area contributed by atoms with Crippen molar-refractivity contribution in [3.05, 3.63) is 71.0 Å². The summed E-state index contributed by atoms with van der Waals surface area (Å²) >= 11 is 5.65. The van der Waals surface area contributed by atoms with E-state index >= 15 is 0 Å². The van der Waals surface area contributed by atoms with Gasteiger partial charge in [0.1, 0.15) is 11.6 Å². The van der Waals surface area contributed by atoms with Gasteiger partial charge in [-0.25, -0.2) is 18.2 Å². The second-order valence-electron chi connectivity index (χ2n) is 5.39. The predicted octanol–water partition coefficient (Wildman–Crippen LogP) is 4.98. The Bertz CT molecular complexity index is 959. The van der Waals surface area contributed by atoms with Gasteiger partial charge < -0.3 is 9.73 Å². The van der Waals surface area contributed by atoms with Gasteiger partial charge in [0.25, 0.3) is 0 Å². The molecule has 26 heavy (non-hydrogen) atoms. The van der Waals surface area contributed by atoms with Crippen LogP contribution in [0.3, 0.4) is 0 Å². The number of hydrogen-bond donors (Lipinski definition) is 1. The van der Waals surface area contributed by atoms with Crippen molar-refractivity contribution in [2.75, 3.05) is 5.32 Å². The van der Waals surface area contributed by atoms with E-state index in [1.807, 2.05) is 0 Å². The summed E-state index contributed by atoms with van der Waals surface area (Å²) in [5.74, 6) is -2.33. The lowest BCUT2D eigenvalue weighted by Gasteiger charge is -2.06. The number of carbonyl (C=O) groups is 1. The summed E-state index contributed by atoms with van der Waals surface area (Å²) in [6, 6.07) is 7.36. The number of carbonyl (C=O) groups excluding carboxylic acids is 1. The lowest BCUT2D eigenvalue weighted by atomic mass is 10.2. The van der Waals surface area contributed by atoms with Gasteiger partial charge in [-0.05, 0) is 24.3 Å². The fourth-order valence-corrected chi connectivity index (χ4v) is 2.45. The third-order valence-corrected chi connectivity index (χ3v) is 3.83. The number of nitrogens with zero attached hydrogens (tertiary/aromatic N) is 1. The molecule has 0 aliphatic carbocycles. The highest BCUT2D eigenvalue weighted by Crippen LogP contribution is 2.25. The van der Waals surface area contributed by atoms with Gasteiger partial charge >= 0.3 is 0 Å². The molecule has 0 spiro atoms. The Hall–Kier alpha value is -2.80. The first kappa shape index (κ1) is 18.0. The molecule has 1 N–H and O–H groups in total. The van der Waals surface area contributed by atoms with E-state index in [1.165, 1.54) is 30.5 Å². The van der Waals surface area contributed by atoms with E-state index < -0.39 is 23.4 Å².